The Hall–Kier alpha value is -1.38. The van der Waals surface area contributed by atoms with Gasteiger partial charge < -0.3 is 10.5 Å². The summed E-state index contributed by atoms with van der Waals surface area (Å²) >= 11 is 12.0. The highest BCUT2D eigenvalue weighted by atomic mass is 35.5. The molecule has 0 saturated heterocycles. The normalized spacial score (nSPS) is 10.3. The average Bonchev–Trinajstić information content (AvgIpc) is 2.32. The number of anilines is 1. The first-order valence-electron chi connectivity index (χ1n) is 5.01. The minimum Gasteiger partial charge on any atom is -0.495 e. The van der Waals surface area contributed by atoms with Crippen molar-refractivity contribution in [2.75, 3.05) is 12.8 Å². The number of benzene rings is 2. The monoisotopic (exact) mass is 267 g/mol. The first kappa shape index (κ1) is 12.1. The fourth-order valence-corrected chi connectivity index (χ4v) is 1.99. The van der Waals surface area contributed by atoms with E-state index in [0.29, 0.717) is 21.5 Å². The maximum Gasteiger partial charge on any atom is 0.137 e. The van der Waals surface area contributed by atoms with Crippen LogP contribution in [0.25, 0.3) is 11.1 Å². The summed E-state index contributed by atoms with van der Waals surface area (Å²) in [5.41, 5.74) is 8.17. The van der Waals surface area contributed by atoms with Gasteiger partial charge in [-0.05, 0) is 35.4 Å². The molecule has 0 spiro atoms. The third kappa shape index (κ3) is 2.48. The van der Waals surface area contributed by atoms with Crippen LogP contribution in [0.4, 0.5) is 5.69 Å². The molecule has 0 fully saturated rings. The zero-order valence-electron chi connectivity index (χ0n) is 9.21. The fraction of sp³-hybridized carbons (Fsp3) is 0.0769. The van der Waals surface area contributed by atoms with Gasteiger partial charge in [-0.25, -0.2) is 0 Å². The van der Waals surface area contributed by atoms with E-state index in [9.17, 15) is 0 Å². The van der Waals surface area contributed by atoms with Gasteiger partial charge in [-0.1, -0.05) is 35.3 Å². The van der Waals surface area contributed by atoms with E-state index in [2.05, 4.69) is 0 Å². The number of hydrogen-bond donors (Lipinski definition) is 1. The Morgan fingerprint density at radius 1 is 0.941 bits per heavy atom. The van der Waals surface area contributed by atoms with Crippen molar-refractivity contribution in [1.82, 2.24) is 0 Å². The second kappa shape index (κ2) is 4.86. The SMILES string of the molecule is COc1ccc(-c2ccc(N)c(Cl)c2)cc1Cl. The summed E-state index contributed by atoms with van der Waals surface area (Å²) in [7, 11) is 1.58. The Morgan fingerprint density at radius 2 is 1.53 bits per heavy atom. The molecule has 4 heteroatoms. The molecule has 0 aliphatic heterocycles. The van der Waals surface area contributed by atoms with Crippen LogP contribution in [0.1, 0.15) is 0 Å². The molecule has 0 radical (unpaired) electrons. The second-order valence-electron chi connectivity index (χ2n) is 3.59. The molecule has 0 heterocycles. The summed E-state index contributed by atoms with van der Waals surface area (Å²) in [6, 6.07) is 11.1. The minimum atomic E-state index is 0.537. The van der Waals surface area contributed by atoms with Crippen LogP contribution in [0, 0.1) is 0 Å². The molecule has 2 aromatic rings. The Labute approximate surface area is 110 Å². The molecule has 2 nitrogen and oxygen atoms in total. The molecule has 2 rings (SSSR count). The first-order chi connectivity index (χ1) is 8.11. The van der Waals surface area contributed by atoms with Crippen LogP contribution in [-0.4, -0.2) is 7.11 Å². The van der Waals surface area contributed by atoms with E-state index in [0.717, 1.165) is 11.1 Å². The molecule has 2 N–H and O–H groups in total. The molecule has 0 aliphatic rings. The molecular weight excluding hydrogens is 257 g/mol. The van der Waals surface area contributed by atoms with Gasteiger partial charge in [-0.2, -0.15) is 0 Å². The number of methoxy groups -OCH3 is 1. The van der Waals surface area contributed by atoms with Gasteiger partial charge in [-0.3, -0.25) is 0 Å². The van der Waals surface area contributed by atoms with Crippen LogP contribution in [0.3, 0.4) is 0 Å². The molecule has 88 valence electrons. The van der Waals surface area contributed by atoms with Crippen molar-refractivity contribution >= 4 is 28.9 Å². The van der Waals surface area contributed by atoms with Gasteiger partial charge in [0.15, 0.2) is 0 Å². The van der Waals surface area contributed by atoms with E-state index >= 15 is 0 Å². The Kier molecular flexibility index (Phi) is 3.46. The van der Waals surface area contributed by atoms with Crippen LogP contribution >= 0.6 is 23.2 Å². The highest BCUT2D eigenvalue weighted by Crippen LogP contribution is 2.32. The molecule has 0 aliphatic carbocycles. The Morgan fingerprint density at radius 3 is 2.06 bits per heavy atom. The predicted molar refractivity (Wildman–Crippen MR) is 72.9 cm³/mol. The summed E-state index contributed by atoms with van der Waals surface area (Å²) in [5.74, 6) is 0.650. The summed E-state index contributed by atoms with van der Waals surface area (Å²) in [6.07, 6.45) is 0. The van der Waals surface area contributed by atoms with Crippen molar-refractivity contribution in [3.63, 3.8) is 0 Å². The van der Waals surface area contributed by atoms with E-state index in [1.807, 2.05) is 30.3 Å². The van der Waals surface area contributed by atoms with Gasteiger partial charge in [0.05, 0.1) is 22.8 Å². The summed E-state index contributed by atoms with van der Waals surface area (Å²) in [4.78, 5) is 0. The quantitative estimate of drug-likeness (QED) is 0.826. The third-order valence-corrected chi connectivity index (χ3v) is 3.11. The van der Waals surface area contributed by atoms with Crippen LogP contribution in [0.2, 0.25) is 10.0 Å². The molecule has 2 aromatic carbocycles. The molecular formula is C13H11Cl2NO. The molecule has 0 atom stereocenters. The first-order valence-corrected chi connectivity index (χ1v) is 5.76. The van der Waals surface area contributed by atoms with Gasteiger partial charge in [0.1, 0.15) is 5.75 Å². The second-order valence-corrected chi connectivity index (χ2v) is 4.40. The Balaban J connectivity index is 2.46. The number of nitrogen functional groups attached to an aromatic ring is 1. The van der Waals surface area contributed by atoms with Crippen LogP contribution in [0.5, 0.6) is 5.75 Å². The lowest BCUT2D eigenvalue weighted by Crippen LogP contribution is -1.88. The van der Waals surface area contributed by atoms with Crippen LogP contribution in [0.15, 0.2) is 36.4 Å². The van der Waals surface area contributed by atoms with Crippen LogP contribution < -0.4 is 10.5 Å². The molecule has 0 aromatic heterocycles. The zero-order chi connectivity index (χ0) is 12.4. The van der Waals surface area contributed by atoms with Crippen molar-refractivity contribution in [2.24, 2.45) is 0 Å². The lowest BCUT2D eigenvalue weighted by atomic mass is 10.1. The summed E-state index contributed by atoms with van der Waals surface area (Å²) in [6.45, 7) is 0. The predicted octanol–water partition coefficient (Wildman–Crippen LogP) is 4.25. The Bertz CT molecular complexity index is 555. The van der Waals surface area contributed by atoms with E-state index in [4.69, 9.17) is 33.7 Å². The highest BCUT2D eigenvalue weighted by molar-refractivity contribution is 6.33. The van der Waals surface area contributed by atoms with Crippen molar-refractivity contribution in [1.29, 1.82) is 0 Å². The van der Waals surface area contributed by atoms with Crippen molar-refractivity contribution in [2.45, 2.75) is 0 Å². The van der Waals surface area contributed by atoms with Gasteiger partial charge in [0.2, 0.25) is 0 Å². The number of halogens is 2. The smallest absolute Gasteiger partial charge is 0.137 e. The number of rotatable bonds is 2. The molecule has 17 heavy (non-hydrogen) atoms. The van der Waals surface area contributed by atoms with Gasteiger partial charge in [0, 0.05) is 0 Å². The average molecular weight is 268 g/mol. The lowest BCUT2D eigenvalue weighted by molar-refractivity contribution is 0.415. The maximum atomic E-state index is 6.07. The zero-order valence-corrected chi connectivity index (χ0v) is 10.7. The topological polar surface area (TPSA) is 35.2 Å². The van der Waals surface area contributed by atoms with E-state index in [1.165, 1.54) is 0 Å². The minimum absolute atomic E-state index is 0.537. The van der Waals surface area contributed by atoms with Gasteiger partial charge in [0.25, 0.3) is 0 Å². The van der Waals surface area contributed by atoms with Crippen molar-refractivity contribution in [3.8, 4) is 16.9 Å². The number of ether oxygens (including phenoxy) is 1. The number of nitrogens with two attached hydrogens (primary N) is 1. The van der Waals surface area contributed by atoms with E-state index in [-0.39, 0.29) is 0 Å². The maximum absolute atomic E-state index is 6.07. The summed E-state index contributed by atoms with van der Waals surface area (Å²) in [5, 5.41) is 1.10. The molecule has 0 unspecified atom stereocenters. The van der Waals surface area contributed by atoms with Gasteiger partial charge >= 0.3 is 0 Å². The van der Waals surface area contributed by atoms with Crippen molar-refractivity contribution < 1.29 is 4.74 Å². The van der Waals surface area contributed by atoms with Crippen molar-refractivity contribution in [3.05, 3.63) is 46.4 Å². The van der Waals surface area contributed by atoms with Crippen LogP contribution in [-0.2, 0) is 0 Å². The van der Waals surface area contributed by atoms with Gasteiger partial charge in [-0.15, -0.1) is 0 Å². The van der Waals surface area contributed by atoms with E-state index in [1.54, 1.807) is 13.2 Å². The standard InChI is InChI=1S/C13H11Cl2NO/c1-17-13-5-3-9(7-11(13)15)8-2-4-12(16)10(14)6-8/h2-7H,16H2,1H3. The lowest BCUT2D eigenvalue weighted by Gasteiger charge is -2.07. The summed E-state index contributed by atoms with van der Waals surface area (Å²) < 4.78 is 5.10. The van der Waals surface area contributed by atoms with E-state index < -0.39 is 0 Å². The highest BCUT2D eigenvalue weighted by Gasteiger charge is 2.05. The molecule has 0 amide bonds. The third-order valence-electron chi connectivity index (χ3n) is 2.49. The largest absolute Gasteiger partial charge is 0.495 e. The molecule has 0 saturated carbocycles. The fourth-order valence-electron chi connectivity index (χ4n) is 1.55. The number of hydrogen-bond acceptors (Lipinski definition) is 2. The molecule has 0 bridgehead atoms.